The number of amides is 1. The first kappa shape index (κ1) is 18.7. The first-order valence-electron chi connectivity index (χ1n) is 10.6. The fourth-order valence-corrected chi connectivity index (χ4v) is 8.12. The molecule has 0 radical (unpaired) electrons. The van der Waals surface area contributed by atoms with Gasteiger partial charge in [-0.2, -0.15) is 0 Å². The second-order valence-corrected chi connectivity index (χ2v) is 11.4. The molecule has 1 aromatic rings. The molecule has 4 fully saturated rings. The number of fused-ring (bicyclic) bond motifs is 1. The molecule has 5 aliphatic rings. The van der Waals surface area contributed by atoms with Gasteiger partial charge in [-0.15, -0.1) is 0 Å². The summed E-state index contributed by atoms with van der Waals surface area (Å²) in [6.07, 6.45) is 6.51. The van der Waals surface area contributed by atoms with Crippen LogP contribution in [0.5, 0.6) is 0 Å². The van der Waals surface area contributed by atoms with Gasteiger partial charge in [0.15, 0.2) is 6.10 Å². The van der Waals surface area contributed by atoms with Crippen LogP contribution in [0.15, 0.2) is 24.3 Å². The van der Waals surface area contributed by atoms with Crippen LogP contribution in [-0.4, -0.2) is 33.7 Å². The van der Waals surface area contributed by atoms with Crippen LogP contribution >= 0.6 is 15.9 Å². The van der Waals surface area contributed by atoms with E-state index in [1.807, 2.05) is 17.0 Å². The van der Waals surface area contributed by atoms with Crippen molar-refractivity contribution in [3.63, 3.8) is 0 Å². The lowest BCUT2D eigenvalue weighted by Crippen LogP contribution is -2.57. The van der Waals surface area contributed by atoms with E-state index in [4.69, 9.17) is 4.74 Å². The summed E-state index contributed by atoms with van der Waals surface area (Å²) in [6.45, 7) is 3.04. The number of hydrogen-bond donors (Lipinski definition) is 0. The van der Waals surface area contributed by atoms with E-state index in [9.17, 15) is 9.59 Å². The Morgan fingerprint density at radius 2 is 1.82 bits per heavy atom. The molecule has 4 saturated carbocycles. The third-order valence-electron chi connectivity index (χ3n) is 7.50. The Bertz CT molecular complexity index is 808. The summed E-state index contributed by atoms with van der Waals surface area (Å²) in [4.78, 5) is 28.0. The molecule has 1 aromatic carbocycles. The molecule has 1 aliphatic heterocycles. The average molecular weight is 446 g/mol. The number of hydrogen-bond acceptors (Lipinski definition) is 3. The van der Waals surface area contributed by atoms with E-state index in [0.29, 0.717) is 24.9 Å². The van der Waals surface area contributed by atoms with Crippen molar-refractivity contribution in [3.05, 3.63) is 35.4 Å². The van der Waals surface area contributed by atoms with Crippen molar-refractivity contribution in [1.82, 2.24) is 4.90 Å². The van der Waals surface area contributed by atoms with Crippen LogP contribution in [0.25, 0.3) is 0 Å². The highest BCUT2D eigenvalue weighted by molar-refractivity contribution is 9.10. The summed E-state index contributed by atoms with van der Waals surface area (Å²) in [5.74, 6) is 1.04. The van der Waals surface area contributed by atoms with Crippen molar-refractivity contribution in [2.45, 2.75) is 68.8 Å². The Hall–Kier alpha value is -1.36. The Morgan fingerprint density at radius 1 is 1.14 bits per heavy atom. The van der Waals surface area contributed by atoms with Crippen LogP contribution < -0.4 is 0 Å². The van der Waals surface area contributed by atoms with Crippen LogP contribution in [0.1, 0.15) is 56.6 Å². The highest BCUT2D eigenvalue weighted by Gasteiger charge is 2.60. The SMILES string of the molecule is CC(OC(=O)C12CC3CC(CC(Br)(C3)C1)C2)C(=O)N1CCc2ccccc2C1. The molecule has 4 bridgehead atoms. The van der Waals surface area contributed by atoms with E-state index in [2.05, 4.69) is 28.1 Å². The largest absolute Gasteiger partial charge is 0.452 e. The zero-order valence-corrected chi connectivity index (χ0v) is 18.0. The molecule has 1 heterocycles. The minimum Gasteiger partial charge on any atom is -0.452 e. The number of esters is 1. The highest BCUT2D eigenvalue weighted by atomic mass is 79.9. The quantitative estimate of drug-likeness (QED) is 0.516. The van der Waals surface area contributed by atoms with E-state index in [1.165, 1.54) is 30.4 Å². The molecule has 5 heteroatoms. The number of rotatable bonds is 3. The van der Waals surface area contributed by atoms with Gasteiger partial charge in [-0.3, -0.25) is 9.59 Å². The summed E-state index contributed by atoms with van der Waals surface area (Å²) in [7, 11) is 0. The van der Waals surface area contributed by atoms with Gasteiger partial charge in [-0.25, -0.2) is 0 Å². The maximum atomic E-state index is 13.2. The van der Waals surface area contributed by atoms with E-state index < -0.39 is 6.10 Å². The number of ether oxygens (including phenoxy) is 1. The van der Waals surface area contributed by atoms with E-state index >= 15 is 0 Å². The molecule has 150 valence electrons. The molecule has 0 N–H and O–H groups in total. The number of alkyl halides is 1. The van der Waals surface area contributed by atoms with Crippen molar-refractivity contribution in [2.24, 2.45) is 17.3 Å². The lowest BCUT2D eigenvalue weighted by molar-refractivity contribution is -0.179. The summed E-state index contributed by atoms with van der Waals surface area (Å²) >= 11 is 3.95. The van der Waals surface area contributed by atoms with Crippen molar-refractivity contribution < 1.29 is 14.3 Å². The molecule has 0 saturated heterocycles. The molecule has 28 heavy (non-hydrogen) atoms. The van der Waals surface area contributed by atoms with Gasteiger partial charge in [0, 0.05) is 17.4 Å². The Morgan fingerprint density at radius 3 is 2.50 bits per heavy atom. The number of halogens is 1. The molecular formula is C23H28BrNO3. The van der Waals surface area contributed by atoms with Gasteiger partial charge >= 0.3 is 5.97 Å². The molecular weight excluding hydrogens is 418 g/mol. The molecule has 4 nitrogen and oxygen atoms in total. The van der Waals surface area contributed by atoms with Crippen molar-refractivity contribution in [1.29, 1.82) is 0 Å². The predicted octanol–water partition coefficient (Wildman–Crippen LogP) is 4.24. The second-order valence-electron chi connectivity index (χ2n) is 9.72. The maximum absolute atomic E-state index is 13.2. The number of carbonyl (C=O) groups is 2. The summed E-state index contributed by atoms with van der Waals surface area (Å²) < 4.78 is 5.94. The summed E-state index contributed by atoms with van der Waals surface area (Å²) in [5.41, 5.74) is 2.13. The molecule has 4 aliphatic carbocycles. The first-order valence-corrected chi connectivity index (χ1v) is 11.4. The third kappa shape index (κ3) is 3.10. The molecule has 0 aromatic heterocycles. The van der Waals surface area contributed by atoms with Gasteiger partial charge in [-0.05, 0) is 74.8 Å². The lowest BCUT2D eigenvalue weighted by atomic mass is 9.49. The third-order valence-corrected chi connectivity index (χ3v) is 8.42. The van der Waals surface area contributed by atoms with Crippen molar-refractivity contribution >= 4 is 27.8 Å². The van der Waals surface area contributed by atoms with Crippen LogP contribution in [0.3, 0.4) is 0 Å². The van der Waals surface area contributed by atoms with Crippen LogP contribution in [0.2, 0.25) is 0 Å². The van der Waals surface area contributed by atoms with Crippen molar-refractivity contribution in [2.75, 3.05) is 6.54 Å². The second kappa shape index (κ2) is 6.58. The Balaban J connectivity index is 1.26. The minimum atomic E-state index is -0.711. The van der Waals surface area contributed by atoms with Gasteiger partial charge in [0.1, 0.15) is 0 Å². The number of carbonyl (C=O) groups excluding carboxylic acids is 2. The molecule has 0 spiro atoms. The zero-order chi connectivity index (χ0) is 19.5. The molecule has 3 unspecified atom stereocenters. The topological polar surface area (TPSA) is 46.6 Å². The molecule has 1 amide bonds. The standard InChI is InChI=1S/C23H28BrNO3/c1-15(20(26)25-7-6-18-4-2-3-5-19(18)13-25)28-21(27)22-9-16-8-17(10-22)12-23(24,11-16)14-22/h2-5,15-17H,6-14H2,1H3. The van der Waals surface area contributed by atoms with Gasteiger partial charge in [0.2, 0.25) is 0 Å². The zero-order valence-electron chi connectivity index (χ0n) is 16.5. The van der Waals surface area contributed by atoms with Crippen LogP contribution in [0, 0.1) is 17.3 Å². The highest BCUT2D eigenvalue weighted by Crippen LogP contribution is 2.64. The fourth-order valence-electron chi connectivity index (χ4n) is 6.67. The monoisotopic (exact) mass is 445 g/mol. The predicted molar refractivity (Wildman–Crippen MR) is 110 cm³/mol. The Labute approximate surface area is 175 Å². The van der Waals surface area contributed by atoms with Gasteiger partial charge in [0.25, 0.3) is 5.91 Å². The normalized spacial score (nSPS) is 36.7. The van der Waals surface area contributed by atoms with Gasteiger partial charge < -0.3 is 9.64 Å². The van der Waals surface area contributed by atoms with E-state index in [-0.39, 0.29) is 21.6 Å². The van der Waals surface area contributed by atoms with Crippen LogP contribution in [-0.2, 0) is 27.3 Å². The first-order chi connectivity index (χ1) is 13.4. The molecule has 6 rings (SSSR count). The average Bonchev–Trinajstić information content (AvgIpc) is 2.65. The smallest absolute Gasteiger partial charge is 0.312 e. The maximum Gasteiger partial charge on any atom is 0.312 e. The van der Waals surface area contributed by atoms with Gasteiger partial charge in [-0.1, -0.05) is 40.2 Å². The fraction of sp³-hybridized carbons (Fsp3) is 0.652. The van der Waals surface area contributed by atoms with Crippen molar-refractivity contribution in [3.8, 4) is 0 Å². The lowest BCUT2D eigenvalue weighted by Gasteiger charge is -2.58. The number of nitrogens with zero attached hydrogens (tertiary/aromatic N) is 1. The van der Waals surface area contributed by atoms with Gasteiger partial charge in [0.05, 0.1) is 5.41 Å². The van der Waals surface area contributed by atoms with Crippen LogP contribution in [0.4, 0.5) is 0 Å². The number of benzene rings is 1. The van der Waals surface area contributed by atoms with E-state index in [1.54, 1.807) is 6.92 Å². The summed E-state index contributed by atoms with van der Waals surface area (Å²) in [6, 6.07) is 8.27. The Kier molecular flexibility index (Phi) is 4.38. The van der Waals surface area contributed by atoms with E-state index in [0.717, 1.165) is 25.7 Å². The summed E-state index contributed by atoms with van der Waals surface area (Å²) in [5, 5.41) is 0. The molecule has 3 atom stereocenters. The minimum absolute atomic E-state index is 0.0684.